The maximum atomic E-state index is 12.5. The van der Waals surface area contributed by atoms with Gasteiger partial charge in [0.15, 0.2) is 7.14 Å². The van der Waals surface area contributed by atoms with E-state index in [1.54, 1.807) is 24.3 Å². The third-order valence-electron chi connectivity index (χ3n) is 4.22. The molecular weight excluding hydrogens is 279 g/mol. The van der Waals surface area contributed by atoms with Gasteiger partial charge in [-0.3, -0.25) is 0 Å². The van der Waals surface area contributed by atoms with E-state index >= 15 is 0 Å². The van der Waals surface area contributed by atoms with Gasteiger partial charge in [-0.05, 0) is 34.9 Å². The zero-order valence-electron chi connectivity index (χ0n) is 10.2. The van der Waals surface area contributed by atoms with Gasteiger partial charge in [0.25, 0.3) is 0 Å². The number of hydrogen-bond donors (Lipinski definition) is 2. The third-order valence-corrected chi connectivity index (χ3v) is 7.18. The number of benzene rings is 1. The molecule has 0 bridgehead atoms. The molecule has 5 nitrogen and oxygen atoms in total. The minimum Gasteiger partial charge on any atom is -0.508 e. The Balaban J connectivity index is 1.69. The lowest BCUT2D eigenvalue weighted by Gasteiger charge is -2.27. The molecule has 2 unspecified atom stereocenters. The molecule has 0 aliphatic carbocycles. The van der Waals surface area contributed by atoms with Crippen LogP contribution in [-0.4, -0.2) is 16.8 Å². The van der Waals surface area contributed by atoms with Crippen LogP contribution < -0.4 is 0 Å². The second-order valence-electron chi connectivity index (χ2n) is 5.24. The number of phenols is 1. The summed E-state index contributed by atoms with van der Waals surface area (Å²) in [6.45, 7) is 0.461. The third kappa shape index (κ3) is 0.998. The zero-order chi connectivity index (χ0) is 13.6. The van der Waals surface area contributed by atoms with Crippen molar-refractivity contribution < 1.29 is 24.6 Å². The molecule has 20 heavy (non-hydrogen) atoms. The Morgan fingerprint density at radius 1 is 1.25 bits per heavy atom. The first kappa shape index (κ1) is 10.9. The maximum absolute atomic E-state index is 12.5. The smallest absolute Gasteiger partial charge is 0.180 e. The van der Waals surface area contributed by atoms with Gasteiger partial charge in [0.05, 0.1) is 10.6 Å². The molecule has 0 aromatic heterocycles. The molecule has 4 aliphatic heterocycles. The van der Waals surface area contributed by atoms with Gasteiger partial charge in [0, 0.05) is 5.31 Å². The van der Waals surface area contributed by atoms with Crippen molar-refractivity contribution in [1.82, 2.24) is 0 Å². The predicted octanol–water partition coefficient (Wildman–Crippen LogP) is 3.16. The van der Waals surface area contributed by atoms with Crippen LogP contribution in [0.1, 0.15) is 17.2 Å². The highest BCUT2D eigenvalue weighted by molar-refractivity contribution is 7.87. The molecule has 5 rings (SSSR count). The normalized spacial score (nSPS) is 32.6. The molecule has 6 heteroatoms. The van der Waals surface area contributed by atoms with Crippen molar-refractivity contribution in [2.75, 3.05) is 6.61 Å². The van der Waals surface area contributed by atoms with E-state index in [1.807, 2.05) is 0 Å². The Bertz CT molecular complexity index is 841. The van der Waals surface area contributed by atoms with Crippen molar-refractivity contribution in [3.05, 3.63) is 57.1 Å². The number of rotatable bonds is 2. The molecule has 4 heterocycles. The first-order chi connectivity index (χ1) is 9.62. The first-order valence-corrected chi connectivity index (χ1v) is 7.96. The van der Waals surface area contributed by atoms with E-state index in [0.29, 0.717) is 17.2 Å². The summed E-state index contributed by atoms with van der Waals surface area (Å²) in [4.78, 5) is 9.78. The molecule has 2 N–H and O–H groups in total. The van der Waals surface area contributed by atoms with Gasteiger partial charge in [0.2, 0.25) is 0 Å². The van der Waals surface area contributed by atoms with Crippen molar-refractivity contribution in [3.63, 3.8) is 0 Å². The maximum Gasteiger partial charge on any atom is 0.180 e. The monoisotopic (exact) mass is 288 g/mol. The molecule has 1 aromatic rings. The average Bonchev–Trinajstić information content (AvgIpc) is 2.82. The molecule has 100 valence electrons. The standard InChI is InChI=1S/C14H9O5P/c15-6-1-2-7(10-5-18-19-10)8(3-6)9-4-11-12(16)14-13(9)20(11,14)17/h1-4,10,15-16H,5H2. The lowest BCUT2D eigenvalue weighted by atomic mass is 9.93. The van der Waals surface area contributed by atoms with E-state index in [1.165, 1.54) is 0 Å². The Morgan fingerprint density at radius 3 is 2.60 bits per heavy atom. The molecule has 0 radical (unpaired) electrons. The minimum absolute atomic E-state index is 0.143. The Morgan fingerprint density at radius 2 is 2.05 bits per heavy atom. The van der Waals surface area contributed by atoms with Crippen molar-refractivity contribution >= 4 is 12.7 Å². The Hall–Kier alpha value is -1.81. The van der Waals surface area contributed by atoms with Crippen LogP contribution in [0.4, 0.5) is 0 Å². The summed E-state index contributed by atoms with van der Waals surface area (Å²) >= 11 is 0. The quantitative estimate of drug-likeness (QED) is 0.645. The predicted molar refractivity (Wildman–Crippen MR) is 70.1 cm³/mol. The molecule has 1 saturated heterocycles. The molecule has 2 atom stereocenters. The summed E-state index contributed by atoms with van der Waals surface area (Å²) in [6.07, 6.45) is 1.59. The molecule has 4 aliphatic rings. The first-order valence-electron chi connectivity index (χ1n) is 6.25. The highest BCUT2D eigenvalue weighted by Crippen LogP contribution is 2.96. The lowest BCUT2D eigenvalue weighted by Crippen LogP contribution is -2.23. The molecular formula is C14H9O5P. The molecule has 0 saturated carbocycles. The fourth-order valence-electron chi connectivity index (χ4n) is 3.15. The summed E-state index contributed by atoms with van der Waals surface area (Å²) in [5.74, 6) is 0.321. The summed E-state index contributed by atoms with van der Waals surface area (Å²) in [5.41, 5.74) is 2.52. The molecule has 0 spiro atoms. The van der Waals surface area contributed by atoms with Crippen LogP contribution in [0.25, 0.3) is 5.57 Å². The van der Waals surface area contributed by atoms with Crippen LogP contribution in [0.5, 0.6) is 5.75 Å². The number of aromatic hydroxyl groups is 1. The van der Waals surface area contributed by atoms with Crippen LogP contribution in [0, 0.1) is 0 Å². The van der Waals surface area contributed by atoms with Crippen molar-refractivity contribution in [2.24, 2.45) is 0 Å². The van der Waals surface area contributed by atoms with Crippen molar-refractivity contribution in [3.8, 4) is 5.75 Å². The van der Waals surface area contributed by atoms with Gasteiger partial charge in [-0.1, -0.05) is 6.07 Å². The van der Waals surface area contributed by atoms with Gasteiger partial charge in [-0.2, -0.15) is 0 Å². The van der Waals surface area contributed by atoms with Gasteiger partial charge in [-0.15, -0.1) is 0 Å². The van der Waals surface area contributed by atoms with Crippen LogP contribution in [0.3, 0.4) is 0 Å². The SMILES string of the molecule is O=P12C3=C(O)C1=C2C(c1cc(O)ccc1C1COO1)=C3. The largest absolute Gasteiger partial charge is 0.508 e. The number of aliphatic hydroxyl groups excluding tert-OH is 1. The van der Waals surface area contributed by atoms with Gasteiger partial charge >= 0.3 is 0 Å². The Labute approximate surface area is 113 Å². The van der Waals surface area contributed by atoms with Crippen LogP contribution >= 0.6 is 7.14 Å². The van der Waals surface area contributed by atoms with E-state index in [-0.39, 0.29) is 17.6 Å². The summed E-state index contributed by atoms with van der Waals surface area (Å²) in [5, 5.41) is 21.3. The summed E-state index contributed by atoms with van der Waals surface area (Å²) < 4.78 is 12.5. The van der Waals surface area contributed by atoms with Crippen LogP contribution in [-0.2, 0) is 14.3 Å². The fraction of sp³-hybridized carbons (Fsp3) is 0.143. The molecule has 0 amide bonds. The van der Waals surface area contributed by atoms with Crippen LogP contribution in [0.2, 0.25) is 0 Å². The van der Waals surface area contributed by atoms with Crippen LogP contribution in [0.15, 0.2) is 46.0 Å². The van der Waals surface area contributed by atoms with Gasteiger partial charge < -0.3 is 14.8 Å². The summed E-state index contributed by atoms with van der Waals surface area (Å²) in [7, 11) is -2.49. The number of hydrogen-bond acceptors (Lipinski definition) is 5. The second kappa shape index (κ2) is 3.09. The van der Waals surface area contributed by atoms with E-state index in [2.05, 4.69) is 0 Å². The van der Waals surface area contributed by atoms with E-state index in [4.69, 9.17) is 9.78 Å². The summed E-state index contributed by atoms with van der Waals surface area (Å²) in [6, 6.07) is 5.02. The Kier molecular flexibility index (Phi) is 1.69. The topological polar surface area (TPSA) is 76.0 Å². The van der Waals surface area contributed by atoms with E-state index in [9.17, 15) is 14.8 Å². The fourth-order valence-corrected chi connectivity index (χ4v) is 6.09. The average molecular weight is 288 g/mol. The lowest BCUT2D eigenvalue weighted by molar-refractivity contribution is -0.429. The zero-order valence-corrected chi connectivity index (χ0v) is 11.1. The van der Waals surface area contributed by atoms with E-state index in [0.717, 1.165) is 22.0 Å². The minimum atomic E-state index is -2.49. The van der Waals surface area contributed by atoms with Crippen molar-refractivity contribution in [2.45, 2.75) is 6.10 Å². The number of aliphatic hydroxyl groups is 1. The second-order valence-corrected chi connectivity index (χ2v) is 7.83. The highest BCUT2D eigenvalue weighted by Gasteiger charge is 2.67. The number of phenolic OH excluding ortho intramolecular Hbond substituents is 1. The molecule has 1 fully saturated rings. The number of allylic oxidation sites excluding steroid dienone is 5. The highest BCUT2D eigenvalue weighted by atomic mass is 31.2. The molecule has 1 aromatic carbocycles. The van der Waals surface area contributed by atoms with E-state index < -0.39 is 7.14 Å². The van der Waals surface area contributed by atoms with Gasteiger partial charge in [0.1, 0.15) is 24.2 Å². The van der Waals surface area contributed by atoms with Crippen molar-refractivity contribution in [1.29, 1.82) is 0 Å². The van der Waals surface area contributed by atoms with Gasteiger partial charge in [-0.25, -0.2) is 9.78 Å².